The zero-order chi connectivity index (χ0) is 22.2. The summed E-state index contributed by atoms with van der Waals surface area (Å²) in [5.41, 5.74) is 0.661. The van der Waals surface area contributed by atoms with Crippen LogP contribution in [-0.2, 0) is 4.79 Å². The Morgan fingerprint density at radius 1 is 1.13 bits per heavy atom. The van der Waals surface area contributed by atoms with Crippen LogP contribution in [0.4, 0.5) is 13.2 Å². The predicted octanol–water partition coefficient (Wildman–Crippen LogP) is 4.79. The van der Waals surface area contributed by atoms with Crippen molar-refractivity contribution in [2.45, 2.75) is 25.2 Å². The summed E-state index contributed by atoms with van der Waals surface area (Å²) in [6, 6.07) is 10.3. The lowest BCUT2D eigenvalue weighted by Crippen LogP contribution is -2.34. The van der Waals surface area contributed by atoms with E-state index in [1.807, 2.05) is 0 Å². The number of hydrogen-bond acceptors (Lipinski definition) is 6. The molecule has 11 heteroatoms. The summed E-state index contributed by atoms with van der Waals surface area (Å²) in [5, 5.41) is 4.28. The van der Waals surface area contributed by atoms with Crippen LogP contribution in [0.3, 0.4) is 0 Å². The largest absolute Gasteiger partial charge is 0.573 e. The van der Waals surface area contributed by atoms with Crippen molar-refractivity contribution in [3.05, 3.63) is 65.0 Å². The average molecular weight is 452 g/mol. The van der Waals surface area contributed by atoms with Crippen molar-refractivity contribution in [3.63, 3.8) is 0 Å². The third-order valence-corrected chi connectivity index (χ3v) is 4.85. The van der Waals surface area contributed by atoms with Crippen LogP contribution in [0.25, 0.3) is 11.4 Å². The fraction of sp³-hybridized carbons (Fsp3) is 0.200. The molecule has 0 saturated carbocycles. The smallest absolute Gasteiger partial charge is 0.406 e. The number of imide groups is 1. The lowest BCUT2D eigenvalue weighted by molar-refractivity contribution is -0.274. The Balaban J connectivity index is 1.55. The third kappa shape index (κ3) is 4.53. The maximum atomic E-state index is 12.8. The lowest BCUT2D eigenvalue weighted by atomic mass is 10.1. The van der Waals surface area contributed by atoms with Crippen molar-refractivity contribution in [3.8, 4) is 17.1 Å². The SMILES string of the molecule is O=C1CC[C@@H](c2nc(-c3ccc(OC(F)(F)F)cc3)no2)N1C(=O)c1ccc(Cl)cc1. The van der Waals surface area contributed by atoms with Crippen LogP contribution >= 0.6 is 11.6 Å². The number of benzene rings is 2. The first-order valence-electron chi connectivity index (χ1n) is 9.03. The summed E-state index contributed by atoms with van der Waals surface area (Å²) in [5.74, 6) is -1.12. The molecule has 1 fully saturated rings. The summed E-state index contributed by atoms with van der Waals surface area (Å²) in [4.78, 5) is 30.5. The summed E-state index contributed by atoms with van der Waals surface area (Å²) in [6.07, 6.45) is -4.36. The molecular weight excluding hydrogens is 439 g/mol. The van der Waals surface area contributed by atoms with Gasteiger partial charge >= 0.3 is 6.36 Å². The molecular formula is C20H13ClF3N3O4. The van der Waals surface area contributed by atoms with Gasteiger partial charge in [-0.25, -0.2) is 0 Å². The number of halogens is 4. The van der Waals surface area contributed by atoms with Crippen molar-refractivity contribution in [2.24, 2.45) is 0 Å². The molecule has 2 aromatic carbocycles. The molecule has 2 amide bonds. The molecule has 1 aliphatic rings. The van der Waals surface area contributed by atoms with Gasteiger partial charge in [0.15, 0.2) is 0 Å². The maximum Gasteiger partial charge on any atom is 0.573 e. The van der Waals surface area contributed by atoms with Crippen LogP contribution in [0.15, 0.2) is 53.1 Å². The van der Waals surface area contributed by atoms with Gasteiger partial charge in [0.05, 0.1) is 0 Å². The van der Waals surface area contributed by atoms with Crippen molar-refractivity contribution < 1.29 is 32.0 Å². The highest BCUT2D eigenvalue weighted by Gasteiger charge is 2.40. The molecule has 2 heterocycles. The minimum Gasteiger partial charge on any atom is -0.406 e. The highest BCUT2D eigenvalue weighted by molar-refractivity contribution is 6.30. The summed E-state index contributed by atoms with van der Waals surface area (Å²) < 4.78 is 46.0. The monoisotopic (exact) mass is 451 g/mol. The van der Waals surface area contributed by atoms with Crippen LogP contribution < -0.4 is 4.74 Å². The van der Waals surface area contributed by atoms with Crippen LogP contribution in [0, 0.1) is 0 Å². The Labute approximate surface area is 178 Å². The van der Waals surface area contributed by atoms with Gasteiger partial charge in [0.1, 0.15) is 11.8 Å². The van der Waals surface area contributed by atoms with E-state index in [9.17, 15) is 22.8 Å². The van der Waals surface area contributed by atoms with Crippen LogP contribution in [-0.4, -0.2) is 33.2 Å². The van der Waals surface area contributed by atoms with E-state index in [1.165, 1.54) is 24.3 Å². The molecule has 160 valence electrons. The van der Waals surface area contributed by atoms with Crippen molar-refractivity contribution in [2.75, 3.05) is 0 Å². The number of carbonyl (C=O) groups is 2. The molecule has 1 saturated heterocycles. The zero-order valence-corrected chi connectivity index (χ0v) is 16.4. The van der Waals surface area contributed by atoms with E-state index < -0.39 is 18.3 Å². The quantitative estimate of drug-likeness (QED) is 0.530. The third-order valence-electron chi connectivity index (χ3n) is 4.59. The minimum absolute atomic E-state index is 0.0544. The van der Waals surface area contributed by atoms with Gasteiger partial charge in [-0.05, 0) is 55.0 Å². The molecule has 3 aromatic rings. The molecule has 0 unspecified atom stereocenters. The fourth-order valence-corrected chi connectivity index (χ4v) is 3.32. The number of ether oxygens (including phenoxy) is 1. The summed E-state index contributed by atoms with van der Waals surface area (Å²) in [7, 11) is 0. The number of likely N-dealkylation sites (tertiary alicyclic amines) is 1. The van der Waals surface area contributed by atoms with E-state index in [4.69, 9.17) is 16.1 Å². The van der Waals surface area contributed by atoms with Crippen molar-refractivity contribution in [1.82, 2.24) is 15.0 Å². The first kappa shape index (κ1) is 20.9. The molecule has 4 rings (SSSR count). The Hall–Kier alpha value is -3.40. The Bertz CT molecular complexity index is 1110. The van der Waals surface area contributed by atoms with Crippen LogP contribution in [0.5, 0.6) is 5.75 Å². The normalized spacial score (nSPS) is 16.6. The van der Waals surface area contributed by atoms with Gasteiger partial charge in [-0.1, -0.05) is 16.8 Å². The number of hydrogen-bond donors (Lipinski definition) is 0. The average Bonchev–Trinajstić information content (AvgIpc) is 3.34. The van der Waals surface area contributed by atoms with Crippen LogP contribution in [0.2, 0.25) is 5.02 Å². The molecule has 0 N–H and O–H groups in total. The van der Waals surface area contributed by atoms with Gasteiger partial charge < -0.3 is 9.26 Å². The molecule has 0 spiro atoms. The van der Waals surface area contributed by atoms with E-state index >= 15 is 0 Å². The zero-order valence-electron chi connectivity index (χ0n) is 15.6. The predicted molar refractivity (Wildman–Crippen MR) is 101 cm³/mol. The highest BCUT2D eigenvalue weighted by atomic mass is 35.5. The minimum atomic E-state index is -4.80. The van der Waals surface area contributed by atoms with Crippen molar-refractivity contribution >= 4 is 23.4 Å². The molecule has 31 heavy (non-hydrogen) atoms. The second-order valence-electron chi connectivity index (χ2n) is 6.66. The Morgan fingerprint density at radius 2 is 1.81 bits per heavy atom. The molecule has 7 nitrogen and oxygen atoms in total. The topological polar surface area (TPSA) is 85.5 Å². The van der Waals surface area contributed by atoms with E-state index in [1.54, 1.807) is 12.1 Å². The number of carbonyl (C=O) groups excluding carboxylic acids is 2. The summed E-state index contributed by atoms with van der Waals surface area (Å²) in [6.45, 7) is 0. The number of rotatable bonds is 4. The molecule has 0 bridgehead atoms. The number of aromatic nitrogens is 2. The molecule has 0 aliphatic carbocycles. The van der Waals surface area contributed by atoms with Gasteiger partial charge in [-0.15, -0.1) is 13.2 Å². The molecule has 0 radical (unpaired) electrons. The molecule has 1 aromatic heterocycles. The molecule has 1 aliphatic heterocycles. The van der Waals surface area contributed by atoms with Gasteiger partial charge in [0.2, 0.25) is 17.6 Å². The standard InChI is InChI=1S/C20H13ClF3N3O4/c21-13-5-1-12(2-6-13)19(29)27-15(9-10-16(27)28)18-25-17(26-31-18)11-3-7-14(8-4-11)30-20(22,23)24/h1-8,15H,9-10H2/t15-/m0/s1. The van der Waals surface area contributed by atoms with Gasteiger partial charge in [-0.2, -0.15) is 4.98 Å². The second kappa shape index (κ2) is 8.03. The first-order chi connectivity index (χ1) is 14.7. The van der Waals surface area contributed by atoms with Crippen LogP contribution in [0.1, 0.15) is 35.1 Å². The fourth-order valence-electron chi connectivity index (χ4n) is 3.20. The van der Waals surface area contributed by atoms with E-state index in [0.717, 1.165) is 17.0 Å². The van der Waals surface area contributed by atoms with E-state index in [2.05, 4.69) is 14.9 Å². The van der Waals surface area contributed by atoms with Gasteiger partial charge in [-0.3, -0.25) is 14.5 Å². The van der Waals surface area contributed by atoms with Crippen molar-refractivity contribution in [1.29, 1.82) is 0 Å². The Kier molecular flexibility index (Phi) is 5.40. The number of alkyl halides is 3. The second-order valence-corrected chi connectivity index (χ2v) is 7.10. The molecule has 1 atom stereocenters. The van der Waals surface area contributed by atoms with E-state index in [-0.39, 0.29) is 35.4 Å². The van der Waals surface area contributed by atoms with Gasteiger partial charge in [0.25, 0.3) is 5.91 Å². The first-order valence-corrected chi connectivity index (χ1v) is 9.41. The number of nitrogens with zero attached hydrogens (tertiary/aromatic N) is 3. The van der Waals surface area contributed by atoms with Gasteiger partial charge in [0, 0.05) is 22.6 Å². The maximum absolute atomic E-state index is 12.8. The Morgan fingerprint density at radius 3 is 2.45 bits per heavy atom. The number of amides is 2. The highest BCUT2D eigenvalue weighted by Crippen LogP contribution is 2.34. The van der Waals surface area contributed by atoms with E-state index in [0.29, 0.717) is 17.0 Å². The summed E-state index contributed by atoms with van der Waals surface area (Å²) >= 11 is 5.84. The lowest BCUT2D eigenvalue weighted by Gasteiger charge is -2.20.